The second-order valence-electron chi connectivity index (χ2n) is 8.24. The van der Waals surface area contributed by atoms with Crippen molar-refractivity contribution in [2.75, 3.05) is 31.1 Å². The van der Waals surface area contributed by atoms with Crippen molar-refractivity contribution in [1.29, 1.82) is 10.5 Å². The number of nitrogens with zero attached hydrogens (tertiary/aromatic N) is 7. The SMILES string of the molecule is C[C@@H]1CN(c2ncc(C#N)cn2)C[C@@H](C)N1.C[C@@H]1CNC[C@@H](C)N1.N#Cc1cnc(Cl)nc1. The number of piperazine rings is 2. The summed E-state index contributed by atoms with van der Waals surface area (Å²) in [5, 5.41) is 27.3. The van der Waals surface area contributed by atoms with Gasteiger partial charge in [0.2, 0.25) is 11.2 Å². The van der Waals surface area contributed by atoms with Crippen LogP contribution in [0, 0.1) is 22.7 Å². The predicted octanol–water partition coefficient (Wildman–Crippen LogP) is 1.49. The Morgan fingerprint density at radius 2 is 1.21 bits per heavy atom. The van der Waals surface area contributed by atoms with Gasteiger partial charge in [-0.15, -0.1) is 0 Å². The highest BCUT2D eigenvalue weighted by Crippen LogP contribution is 2.12. The lowest BCUT2D eigenvalue weighted by Gasteiger charge is -2.36. The van der Waals surface area contributed by atoms with E-state index in [0.29, 0.717) is 41.2 Å². The van der Waals surface area contributed by atoms with Crippen molar-refractivity contribution < 1.29 is 0 Å². The van der Waals surface area contributed by atoms with Gasteiger partial charge in [0.25, 0.3) is 0 Å². The van der Waals surface area contributed by atoms with Gasteiger partial charge in [0.05, 0.1) is 23.5 Å². The quantitative estimate of drug-likeness (QED) is 0.525. The van der Waals surface area contributed by atoms with Crippen molar-refractivity contribution >= 4 is 17.5 Å². The molecular weight excluding hydrogens is 440 g/mol. The van der Waals surface area contributed by atoms with E-state index in [0.717, 1.165) is 26.2 Å². The fraction of sp³-hybridized carbons (Fsp3) is 0.545. The molecule has 33 heavy (non-hydrogen) atoms. The molecule has 4 atom stereocenters. The topological polar surface area (TPSA) is 138 Å². The normalized spacial score (nSPS) is 24.2. The van der Waals surface area contributed by atoms with Crippen LogP contribution in [0.1, 0.15) is 38.8 Å². The third-order valence-electron chi connectivity index (χ3n) is 4.83. The van der Waals surface area contributed by atoms with Gasteiger partial charge in [0.1, 0.15) is 12.1 Å². The molecule has 0 amide bonds. The maximum Gasteiger partial charge on any atom is 0.225 e. The standard InChI is InChI=1S/C11H15N5.C6H14N2.C5H2ClN3/c1-8-6-16(7-9(2)15-8)11-13-4-10(3-12)5-14-11;1-5-3-7-4-6(2)8-5;6-5-8-2-4(1-7)3-9-5/h4-5,8-9,15H,6-7H2,1-2H3;5-8H,3-4H2,1-2H3;2-3H/t8-,9-;5-,6-;/m11./s1. The summed E-state index contributed by atoms with van der Waals surface area (Å²) in [6.07, 6.45) is 5.88. The first kappa shape index (κ1) is 26.4. The van der Waals surface area contributed by atoms with Crippen LogP contribution in [0.25, 0.3) is 0 Å². The molecule has 2 fully saturated rings. The monoisotopic (exact) mass is 470 g/mol. The zero-order chi connectivity index (χ0) is 24.2. The highest BCUT2D eigenvalue weighted by atomic mass is 35.5. The van der Waals surface area contributed by atoms with E-state index < -0.39 is 0 Å². The zero-order valence-electron chi connectivity index (χ0n) is 19.5. The second-order valence-corrected chi connectivity index (χ2v) is 8.57. The first-order valence-electron chi connectivity index (χ1n) is 10.9. The van der Waals surface area contributed by atoms with E-state index >= 15 is 0 Å². The number of aromatic nitrogens is 4. The summed E-state index contributed by atoms with van der Waals surface area (Å²) in [4.78, 5) is 17.7. The largest absolute Gasteiger partial charge is 0.338 e. The van der Waals surface area contributed by atoms with E-state index in [4.69, 9.17) is 22.1 Å². The number of hydrogen-bond acceptors (Lipinski definition) is 10. The summed E-state index contributed by atoms with van der Waals surface area (Å²) in [5.41, 5.74) is 0.916. The van der Waals surface area contributed by atoms with E-state index in [2.05, 4.69) is 68.5 Å². The molecule has 0 unspecified atom stereocenters. The molecule has 0 aliphatic carbocycles. The highest BCUT2D eigenvalue weighted by molar-refractivity contribution is 6.28. The van der Waals surface area contributed by atoms with E-state index in [1.165, 1.54) is 12.4 Å². The van der Waals surface area contributed by atoms with Crippen molar-refractivity contribution in [2.24, 2.45) is 0 Å². The average Bonchev–Trinajstić information content (AvgIpc) is 2.80. The summed E-state index contributed by atoms with van der Waals surface area (Å²) in [5.74, 6) is 0.708. The van der Waals surface area contributed by atoms with Gasteiger partial charge in [0.15, 0.2) is 0 Å². The summed E-state index contributed by atoms with van der Waals surface area (Å²) < 4.78 is 0. The van der Waals surface area contributed by atoms with Crippen LogP contribution < -0.4 is 20.9 Å². The molecule has 2 saturated heterocycles. The smallest absolute Gasteiger partial charge is 0.225 e. The molecular formula is C22H31ClN10. The highest BCUT2D eigenvalue weighted by Gasteiger charge is 2.22. The lowest BCUT2D eigenvalue weighted by atomic mass is 10.1. The minimum atomic E-state index is 0.161. The Morgan fingerprint density at radius 3 is 1.61 bits per heavy atom. The molecule has 176 valence electrons. The lowest BCUT2D eigenvalue weighted by molar-refractivity contribution is 0.370. The molecule has 10 nitrogen and oxygen atoms in total. The van der Waals surface area contributed by atoms with Crippen LogP contribution in [-0.2, 0) is 0 Å². The molecule has 2 aromatic rings. The first-order valence-corrected chi connectivity index (χ1v) is 11.3. The molecule has 4 heterocycles. The van der Waals surface area contributed by atoms with E-state index in [9.17, 15) is 0 Å². The minimum Gasteiger partial charge on any atom is -0.338 e. The van der Waals surface area contributed by atoms with E-state index in [1.54, 1.807) is 12.4 Å². The number of rotatable bonds is 1. The van der Waals surface area contributed by atoms with Gasteiger partial charge >= 0.3 is 0 Å². The number of hydrogen-bond donors (Lipinski definition) is 3. The molecule has 0 spiro atoms. The Labute approximate surface area is 200 Å². The van der Waals surface area contributed by atoms with Crippen LogP contribution in [0.3, 0.4) is 0 Å². The number of nitrogens with one attached hydrogen (secondary N) is 3. The molecule has 0 bridgehead atoms. The van der Waals surface area contributed by atoms with E-state index in [1.807, 2.05) is 12.1 Å². The van der Waals surface area contributed by atoms with Gasteiger partial charge in [-0.1, -0.05) is 0 Å². The molecule has 0 saturated carbocycles. The van der Waals surface area contributed by atoms with Crippen molar-refractivity contribution in [1.82, 2.24) is 35.9 Å². The van der Waals surface area contributed by atoms with Crippen molar-refractivity contribution in [2.45, 2.75) is 51.9 Å². The van der Waals surface area contributed by atoms with Gasteiger partial charge in [-0.3, -0.25) is 0 Å². The predicted molar refractivity (Wildman–Crippen MR) is 128 cm³/mol. The van der Waals surface area contributed by atoms with Crippen molar-refractivity contribution in [3.05, 3.63) is 41.2 Å². The summed E-state index contributed by atoms with van der Waals surface area (Å²) >= 11 is 5.34. The maximum atomic E-state index is 8.67. The number of anilines is 1. The Bertz CT molecular complexity index is 904. The van der Waals surface area contributed by atoms with Crippen LogP contribution in [0.15, 0.2) is 24.8 Å². The minimum absolute atomic E-state index is 0.161. The van der Waals surface area contributed by atoms with Crippen LogP contribution >= 0.6 is 11.6 Å². The van der Waals surface area contributed by atoms with Crippen molar-refractivity contribution in [3.63, 3.8) is 0 Å². The summed E-state index contributed by atoms with van der Waals surface area (Å²) in [6, 6.07) is 6.06. The molecule has 4 rings (SSSR count). The Balaban J connectivity index is 0.000000192. The molecule has 11 heteroatoms. The Morgan fingerprint density at radius 1 is 0.788 bits per heavy atom. The van der Waals surface area contributed by atoms with Gasteiger partial charge in [-0.25, -0.2) is 19.9 Å². The number of nitriles is 2. The van der Waals surface area contributed by atoms with Crippen LogP contribution in [-0.4, -0.2) is 70.3 Å². The maximum absolute atomic E-state index is 8.67. The van der Waals surface area contributed by atoms with Gasteiger partial charge in [-0.2, -0.15) is 10.5 Å². The average molecular weight is 471 g/mol. The fourth-order valence-electron chi connectivity index (χ4n) is 3.52. The molecule has 2 aliphatic heterocycles. The Hall–Kier alpha value is -2.89. The van der Waals surface area contributed by atoms with Crippen LogP contribution in [0.2, 0.25) is 5.28 Å². The van der Waals surface area contributed by atoms with Crippen molar-refractivity contribution in [3.8, 4) is 12.1 Å². The molecule has 2 aliphatic rings. The Kier molecular flexibility index (Phi) is 10.9. The third kappa shape index (κ3) is 9.64. The summed E-state index contributed by atoms with van der Waals surface area (Å²) in [7, 11) is 0. The molecule has 3 N–H and O–H groups in total. The summed E-state index contributed by atoms with van der Waals surface area (Å²) in [6.45, 7) is 12.7. The second kappa shape index (κ2) is 13.6. The van der Waals surface area contributed by atoms with Crippen LogP contribution in [0.4, 0.5) is 5.95 Å². The molecule has 0 aromatic carbocycles. The van der Waals surface area contributed by atoms with E-state index in [-0.39, 0.29) is 5.28 Å². The van der Waals surface area contributed by atoms with Gasteiger partial charge in [-0.05, 0) is 39.3 Å². The lowest BCUT2D eigenvalue weighted by Crippen LogP contribution is -2.54. The zero-order valence-corrected chi connectivity index (χ0v) is 20.2. The van der Waals surface area contributed by atoms with Crippen LogP contribution in [0.5, 0.6) is 0 Å². The third-order valence-corrected chi connectivity index (χ3v) is 5.02. The first-order chi connectivity index (χ1) is 15.8. The van der Waals surface area contributed by atoms with Gasteiger partial charge < -0.3 is 20.9 Å². The number of halogens is 1. The fourth-order valence-corrected chi connectivity index (χ4v) is 3.62. The molecule has 2 aromatic heterocycles. The molecule has 0 radical (unpaired) electrons. The van der Waals surface area contributed by atoms with Gasteiger partial charge in [0, 0.05) is 62.7 Å².